The molecule has 1 aromatic heterocycles. The van der Waals surface area contributed by atoms with Crippen LogP contribution in [0.4, 0.5) is 5.13 Å². The van der Waals surface area contributed by atoms with Crippen molar-refractivity contribution in [1.82, 2.24) is 9.36 Å². The Bertz CT molecular complexity index is 426. The summed E-state index contributed by atoms with van der Waals surface area (Å²) in [5.41, 5.74) is 0.168. The molecule has 0 bridgehead atoms. The summed E-state index contributed by atoms with van der Waals surface area (Å²) in [5, 5.41) is 4.55. The molecular weight excluding hydrogens is 258 g/mol. The fourth-order valence-electron chi connectivity index (χ4n) is 3.22. The topological polar surface area (TPSA) is 47.0 Å². The number of hydrogen-bond acceptors (Lipinski definition) is 5. The van der Waals surface area contributed by atoms with E-state index in [1.807, 2.05) is 0 Å². The van der Waals surface area contributed by atoms with Crippen LogP contribution in [0.1, 0.15) is 64.1 Å². The molecule has 1 saturated heterocycles. The van der Waals surface area contributed by atoms with Crippen LogP contribution in [0.3, 0.4) is 0 Å². The van der Waals surface area contributed by atoms with Gasteiger partial charge in [-0.25, -0.2) is 4.98 Å². The first kappa shape index (κ1) is 13.3. The van der Waals surface area contributed by atoms with Crippen LogP contribution >= 0.6 is 11.5 Å². The van der Waals surface area contributed by atoms with Gasteiger partial charge in [0, 0.05) is 30.1 Å². The molecule has 1 atom stereocenters. The number of aromatic nitrogens is 2. The van der Waals surface area contributed by atoms with Crippen LogP contribution in [0.25, 0.3) is 0 Å². The summed E-state index contributed by atoms with van der Waals surface area (Å²) in [5.74, 6) is 1.36. The lowest BCUT2D eigenvalue weighted by Crippen LogP contribution is -2.42. The van der Waals surface area contributed by atoms with Crippen molar-refractivity contribution in [2.45, 2.75) is 69.9 Å². The number of nitrogens with zero attached hydrogens (tertiary/aromatic N) is 2. The van der Waals surface area contributed by atoms with Gasteiger partial charge in [0.1, 0.15) is 5.82 Å². The molecule has 0 aromatic carbocycles. The molecule has 3 rings (SSSR count). The Labute approximate surface area is 119 Å². The molecule has 2 fully saturated rings. The number of nitrogens with one attached hydrogen (secondary N) is 1. The smallest absolute Gasteiger partial charge is 0.202 e. The summed E-state index contributed by atoms with van der Waals surface area (Å²) in [7, 11) is 0. The normalized spacial score (nSPS) is 26.2. The second-order valence-electron chi connectivity index (χ2n) is 6.19. The molecule has 2 aliphatic rings. The SMILES string of the molecule is CC(C)c1nsc(N[C@H]2CCOC3(CCCC3)C2)n1. The lowest BCUT2D eigenvalue weighted by atomic mass is 9.89. The molecule has 2 heterocycles. The molecule has 4 nitrogen and oxygen atoms in total. The molecule has 1 saturated carbocycles. The van der Waals surface area contributed by atoms with Gasteiger partial charge in [0.05, 0.1) is 5.60 Å². The van der Waals surface area contributed by atoms with Crippen LogP contribution in [0.15, 0.2) is 0 Å². The first-order valence-electron chi connectivity index (χ1n) is 7.41. The second kappa shape index (κ2) is 5.37. The second-order valence-corrected chi connectivity index (χ2v) is 6.94. The number of rotatable bonds is 3. The summed E-state index contributed by atoms with van der Waals surface area (Å²) in [6.07, 6.45) is 7.32. The third-order valence-corrected chi connectivity index (χ3v) is 4.95. The van der Waals surface area contributed by atoms with Crippen molar-refractivity contribution >= 4 is 16.7 Å². The minimum atomic E-state index is 0.168. The van der Waals surface area contributed by atoms with Crippen molar-refractivity contribution in [2.75, 3.05) is 11.9 Å². The van der Waals surface area contributed by atoms with Crippen LogP contribution in [-0.4, -0.2) is 27.6 Å². The standard InChI is InChI=1S/C14H23N3OS/c1-10(2)12-16-13(19-17-12)15-11-5-8-18-14(9-11)6-3-4-7-14/h10-11H,3-9H2,1-2H3,(H,15,16,17)/t11-/m0/s1. The lowest BCUT2D eigenvalue weighted by Gasteiger charge is -2.38. The van der Waals surface area contributed by atoms with Gasteiger partial charge < -0.3 is 10.1 Å². The number of ether oxygens (including phenoxy) is 1. The van der Waals surface area contributed by atoms with E-state index in [2.05, 4.69) is 28.5 Å². The third-order valence-electron chi connectivity index (χ3n) is 4.29. The Morgan fingerprint density at radius 1 is 1.37 bits per heavy atom. The number of hydrogen-bond donors (Lipinski definition) is 1. The van der Waals surface area contributed by atoms with E-state index in [0.717, 1.165) is 30.4 Å². The van der Waals surface area contributed by atoms with Crippen molar-refractivity contribution in [3.63, 3.8) is 0 Å². The maximum Gasteiger partial charge on any atom is 0.202 e. The molecule has 106 valence electrons. The van der Waals surface area contributed by atoms with Gasteiger partial charge in [0.25, 0.3) is 0 Å². The molecule has 0 amide bonds. The first-order chi connectivity index (χ1) is 9.17. The molecule has 1 aromatic rings. The Kier molecular flexibility index (Phi) is 3.76. The molecule has 1 spiro atoms. The van der Waals surface area contributed by atoms with Crippen molar-refractivity contribution in [3.05, 3.63) is 5.82 Å². The quantitative estimate of drug-likeness (QED) is 0.920. The first-order valence-corrected chi connectivity index (χ1v) is 8.18. The van der Waals surface area contributed by atoms with Gasteiger partial charge in [0.15, 0.2) is 0 Å². The van der Waals surface area contributed by atoms with Crippen molar-refractivity contribution < 1.29 is 4.74 Å². The van der Waals surface area contributed by atoms with E-state index >= 15 is 0 Å². The maximum absolute atomic E-state index is 6.07. The highest BCUT2D eigenvalue weighted by Crippen LogP contribution is 2.40. The highest BCUT2D eigenvalue weighted by Gasteiger charge is 2.40. The molecule has 5 heteroatoms. The monoisotopic (exact) mass is 281 g/mol. The third kappa shape index (κ3) is 2.92. The summed E-state index contributed by atoms with van der Waals surface area (Å²) in [6, 6.07) is 0.500. The average molecular weight is 281 g/mol. The van der Waals surface area contributed by atoms with Crippen LogP contribution in [0.5, 0.6) is 0 Å². The highest BCUT2D eigenvalue weighted by molar-refractivity contribution is 7.09. The predicted octanol–water partition coefficient (Wildman–Crippen LogP) is 3.57. The fourth-order valence-corrected chi connectivity index (χ4v) is 4.01. The van der Waals surface area contributed by atoms with Crippen molar-refractivity contribution in [1.29, 1.82) is 0 Å². The van der Waals surface area contributed by atoms with Gasteiger partial charge in [-0.1, -0.05) is 26.7 Å². The summed E-state index contributed by atoms with van der Waals surface area (Å²) in [6.45, 7) is 5.15. The minimum Gasteiger partial charge on any atom is -0.375 e. The predicted molar refractivity (Wildman–Crippen MR) is 77.8 cm³/mol. The summed E-state index contributed by atoms with van der Waals surface area (Å²) in [4.78, 5) is 4.57. The van der Waals surface area contributed by atoms with E-state index in [0.29, 0.717) is 12.0 Å². The molecular formula is C14H23N3OS. The zero-order chi connectivity index (χ0) is 13.3. The van der Waals surface area contributed by atoms with Crippen LogP contribution in [0, 0.1) is 0 Å². The van der Waals surface area contributed by atoms with Gasteiger partial charge in [-0.05, 0) is 25.7 Å². The highest BCUT2D eigenvalue weighted by atomic mass is 32.1. The fraction of sp³-hybridized carbons (Fsp3) is 0.857. The van der Waals surface area contributed by atoms with E-state index in [-0.39, 0.29) is 5.60 Å². The largest absolute Gasteiger partial charge is 0.375 e. The van der Waals surface area contributed by atoms with Gasteiger partial charge in [-0.2, -0.15) is 4.37 Å². The van der Waals surface area contributed by atoms with Crippen molar-refractivity contribution in [2.24, 2.45) is 0 Å². The molecule has 19 heavy (non-hydrogen) atoms. The summed E-state index contributed by atoms with van der Waals surface area (Å²) < 4.78 is 10.5. The van der Waals surface area contributed by atoms with Crippen LogP contribution < -0.4 is 5.32 Å². The van der Waals surface area contributed by atoms with E-state index in [1.165, 1.54) is 37.2 Å². The lowest BCUT2D eigenvalue weighted by molar-refractivity contribution is -0.0767. The van der Waals surface area contributed by atoms with E-state index in [9.17, 15) is 0 Å². The zero-order valence-electron chi connectivity index (χ0n) is 11.8. The van der Waals surface area contributed by atoms with Crippen LogP contribution in [0.2, 0.25) is 0 Å². The minimum absolute atomic E-state index is 0.168. The molecule has 1 aliphatic heterocycles. The van der Waals surface area contributed by atoms with E-state index < -0.39 is 0 Å². The number of anilines is 1. The average Bonchev–Trinajstić information content (AvgIpc) is 3.00. The Hall–Kier alpha value is -0.680. The molecule has 0 radical (unpaired) electrons. The van der Waals surface area contributed by atoms with Gasteiger partial charge in [-0.15, -0.1) is 0 Å². The van der Waals surface area contributed by atoms with Crippen LogP contribution in [-0.2, 0) is 4.74 Å². The van der Waals surface area contributed by atoms with Gasteiger partial charge in [0.2, 0.25) is 5.13 Å². The molecule has 0 unspecified atom stereocenters. The maximum atomic E-state index is 6.07. The zero-order valence-corrected chi connectivity index (χ0v) is 12.6. The Morgan fingerprint density at radius 2 is 2.16 bits per heavy atom. The van der Waals surface area contributed by atoms with Crippen molar-refractivity contribution in [3.8, 4) is 0 Å². The molecule has 1 aliphatic carbocycles. The van der Waals surface area contributed by atoms with Gasteiger partial charge in [-0.3, -0.25) is 0 Å². The Balaban J connectivity index is 1.62. The van der Waals surface area contributed by atoms with E-state index in [1.54, 1.807) is 0 Å². The Morgan fingerprint density at radius 3 is 2.84 bits per heavy atom. The molecule has 1 N–H and O–H groups in total. The van der Waals surface area contributed by atoms with Gasteiger partial charge >= 0.3 is 0 Å². The van der Waals surface area contributed by atoms with E-state index in [4.69, 9.17) is 4.74 Å². The summed E-state index contributed by atoms with van der Waals surface area (Å²) >= 11 is 1.49.